The van der Waals surface area contributed by atoms with Crippen LogP contribution < -0.4 is 0 Å². The molecule has 0 unspecified atom stereocenters. The van der Waals surface area contributed by atoms with Gasteiger partial charge in [0.05, 0.1) is 19.3 Å². The molecule has 0 spiro atoms. The number of ether oxygens (including phenoxy) is 2. The average molecular weight is 555 g/mol. The summed E-state index contributed by atoms with van der Waals surface area (Å²) in [5, 5.41) is 0.138. The maximum atomic E-state index is 7.15. The number of hydrogen-bond acceptors (Lipinski definition) is 4. The van der Waals surface area contributed by atoms with Gasteiger partial charge in [-0.25, -0.2) is 0 Å². The normalized spacial score (nSPS) is 23.0. The molecule has 0 radical (unpaired) electrons. The Hall–Kier alpha value is -1.55. The van der Waals surface area contributed by atoms with Crippen molar-refractivity contribution in [2.45, 2.75) is 115 Å². The number of benzene rings is 2. The number of hydrogen-bond donors (Lipinski definition) is 0. The first-order chi connectivity index (χ1) is 17.6. The van der Waals surface area contributed by atoms with Crippen molar-refractivity contribution in [3.8, 4) is 0 Å². The molecule has 0 N–H and O–H groups in total. The van der Waals surface area contributed by atoms with Crippen molar-refractivity contribution in [2.24, 2.45) is 0 Å². The molecule has 2 aromatic rings. The van der Waals surface area contributed by atoms with E-state index in [4.69, 9.17) is 18.3 Å². The van der Waals surface area contributed by atoms with Gasteiger partial charge in [-0.1, -0.05) is 114 Å². The fourth-order valence-corrected chi connectivity index (χ4v) is 6.51. The van der Waals surface area contributed by atoms with Crippen LogP contribution in [0.5, 0.6) is 0 Å². The third kappa shape index (κ3) is 7.99. The van der Waals surface area contributed by atoms with E-state index in [9.17, 15) is 0 Å². The summed E-state index contributed by atoms with van der Waals surface area (Å²) in [4.78, 5) is 0. The standard InChI is InChI=1S/C32H50O4Si2/c1-31(2,3)37(7,8)35-28-22-21-27(33-23-25-17-13-11-14-18-25)30(36-38(9,10)32(4,5)6)29(28)34-24-26-19-15-12-16-20-26/h11-22,27-30H,23-24H2,1-10H3/t27-,28-,29+,30+/m1/s1. The molecule has 0 heterocycles. The van der Waals surface area contributed by atoms with Gasteiger partial charge >= 0.3 is 0 Å². The smallest absolute Gasteiger partial charge is 0.193 e. The maximum absolute atomic E-state index is 7.15. The summed E-state index contributed by atoms with van der Waals surface area (Å²) in [5.74, 6) is 0. The molecule has 1 aliphatic rings. The summed E-state index contributed by atoms with van der Waals surface area (Å²) in [5.41, 5.74) is 2.29. The predicted molar refractivity (Wildman–Crippen MR) is 163 cm³/mol. The summed E-state index contributed by atoms with van der Waals surface area (Å²) in [6, 6.07) is 20.7. The molecule has 4 nitrogen and oxygen atoms in total. The van der Waals surface area contributed by atoms with E-state index in [1.807, 2.05) is 24.3 Å². The molecule has 0 aromatic heterocycles. The van der Waals surface area contributed by atoms with Crippen LogP contribution in [0.4, 0.5) is 0 Å². The number of rotatable bonds is 10. The highest BCUT2D eigenvalue weighted by molar-refractivity contribution is 6.74. The fraction of sp³-hybridized carbons (Fsp3) is 0.562. The third-order valence-electron chi connectivity index (χ3n) is 8.51. The second-order valence-electron chi connectivity index (χ2n) is 13.6. The second-order valence-corrected chi connectivity index (χ2v) is 23.1. The van der Waals surface area contributed by atoms with Crippen LogP contribution in [0.25, 0.3) is 0 Å². The van der Waals surface area contributed by atoms with Crippen LogP contribution in [0.1, 0.15) is 52.7 Å². The highest BCUT2D eigenvalue weighted by Crippen LogP contribution is 2.42. The molecule has 3 rings (SSSR count). The van der Waals surface area contributed by atoms with Crippen LogP contribution in [0.2, 0.25) is 36.3 Å². The molecular weight excluding hydrogens is 505 g/mol. The minimum absolute atomic E-state index is 0.0535. The lowest BCUT2D eigenvalue weighted by atomic mass is 9.95. The van der Waals surface area contributed by atoms with Gasteiger partial charge in [0, 0.05) is 0 Å². The SMILES string of the molecule is CC(C)(C)[Si](C)(C)O[C@@H]1[C@@H](OCc2ccccc2)[C@H](O[Si](C)(C)C(C)(C)C)C=C[C@H]1OCc1ccccc1. The summed E-state index contributed by atoms with van der Waals surface area (Å²) >= 11 is 0. The summed E-state index contributed by atoms with van der Waals surface area (Å²) in [6.45, 7) is 23.9. The first kappa shape index (κ1) is 31.0. The lowest BCUT2D eigenvalue weighted by Crippen LogP contribution is -2.58. The van der Waals surface area contributed by atoms with E-state index in [1.165, 1.54) is 0 Å². The Morgan fingerprint density at radius 1 is 0.553 bits per heavy atom. The van der Waals surface area contributed by atoms with E-state index in [0.717, 1.165) is 11.1 Å². The van der Waals surface area contributed by atoms with Crippen molar-refractivity contribution in [3.05, 3.63) is 83.9 Å². The largest absolute Gasteiger partial charge is 0.408 e. The van der Waals surface area contributed by atoms with Crippen molar-refractivity contribution < 1.29 is 18.3 Å². The van der Waals surface area contributed by atoms with Crippen LogP contribution in [-0.4, -0.2) is 41.1 Å². The van der Waals surface area contributed by atoms with Crippen molar-refractivity contribution in [1.29, 1.82) is 0 Å². The van der Waals surface area contributed by atoms with Crippen LogP contribution in [-0.2, 0) is 31.5 Å². The Morgan fingerprint density at radius 3 is 1.45 bits per heavy atom. The lowest BCUT2D eigenvalue weighted by molar-refractivity contribution is -0.133. The van der Waals surface area contributed by atoms with E-state index in [0.29, 0.717) is 13.2 Å². The van der Waals surface area contributed by atoms with Gasteiger partial charge in [0.25, 0.3) is 0 Å². The van der Waals surface area contributed by atoms with E-state index < -0.39 is 16.6 Å². The molecule has 38 heavy (non-hydrogen) atoms. The van der Waals surface area contributed by atoms with Crippen molar-refractivity contribution in [1.82, 2.24) is 0 Å². The molecule has 0 aliphatic heterocycles. The molecule has 0 saturated carbocycles. The quantitative estimate of drug-likeness (QED) is 0.218. The van der Waals surface area contributed by atoms with Crippen molar-refractivity contribution in [3.63, 3.8) is 0 Å². The molecule has 0 bridgehead atoms. The zero-order chi connectivity index (χ0) is 28.2. The lowest BCUT2D eigenvalue weighted by Gasteiger charge is -2.48. The van der Waals surface area contributed by atoms with Gasteiger partial charge in [-0.05, 0) is 47.4 Å². The minimum atomic E-state index is -2.16. The molecule has 4 atom stereocenters. The van der Waals surface area contributed by atoms with Crippen LogP contribution in [0, 0.1) is 0 Å². The van der Waals surface area contributed by atoms with Gasteiger partial charge in [-0.2, -0.15) is 0 Å². The topological polar surface area (TPSA) is 36.9 Å². The molecule has 0 amide bonds. The average Bonchev–Trinajstić information content (AvgIpc) is 2.82. The van der Waals surface area contributed by atoms with Gasteiger partial charge in [0.2, 0.25) is 0 Å². The Morgan fingerprint density at radius 2 is 0.974 bits per heavy atom. The molecule has 1 aliphatic carbocycles. The van der Waals surface area contributed by atoms with Gasteiger partial charge < -0.3 is 18.3 Å². The van der Waals surface area contributed by atoms with Gasteiger partial charge in [0.1, 0.15) is 18.3 Å². The van der Waals surface area contributed by atoms with Crippen LogP contribution in [0.15, 0.2) is 72.8 Å². The Labute approximate surface area is 234 Å². The monoisotopic (exact) mass is 554 g/mol. The molecule has 0 fully saturated rings. The minimum Gasteiger partial charge on any atom is -0.408 e. The van der Waals surface area contributed by atoms with Crippen molar-refractivity contribution in [2.75, 3.05) is 0 Å². The van der Waals surface area contributed by atoms with Gasteiger partial charge in [0.15, 0.2) is 16.6 Å². The second kappa shape index (κ2) is 12.3. The summed E-state index contributed by atoms with van der Waals surface area (Å²) in [6.07, 6.45) is 3.32. The van der Waals surface area contributed by atoms with Crippen molar-refractivity contribution >= 4 is 16.6 Å². The summed E-state index contributed by atoms with van der Waals surface area (Å²) in [7, 11) is -4.23. The van der Waals surface area contributed by atoms with E-state index in [-0.39, 0.29) is 34.5 Å². The highest BCUT2D eigenvalue weighted by Gasteiger charge is 2.49. The van der Waals surface area contributed by atoms with Gasteiger partial charge in [-0.3, -0.25) is 0 Å². The zero-order valence-corrected chi connectivity index (χ0v) is 27.3. The van der Waals surface area contributed by atoms with E-state index >= 15 is 0 Å². The Balaban J connectivity index is 1.97. The Bertz CT molecular complexity index is 1020. The fourth-order valence-electron chi connectivity index (χ4n) is 3.96. The zero-order valence-electron chi connectivity index (χ0n) is 25.3. The Kier molecular flexibility index (Phi) is 10.0. The molecule has 6 heteroatoms. The maximum Gasteiger partial charge on any atom is 0.193 e. The first-order valence-corrected chi connectivity index (χ1v) is 19.8. The summed E-state index contributed by atoms with van der Waals surface area (Å²) < 4.78 is 27.5. The van der Waals surface area contributed by atoms with E-state index in [2.05, 4.69) is 116 Å². The molecule has 210 valence electrons. The highest BCUT2D eigenvalue weighted by atomic mass is 28.4. The van der Waals surface area contributed by atoms with Gasteiger partial charge in [-0.15, -0.1) is 0 Å². The molecule has 0 saturated heterocycles. The predicted octanol–water partition coefficient (Wildman–Crippen LogP) is 8.51. The molecule has 2 aromatic carbocycles. The molecular formula is C32H50O4Si2. The van der Waals surface area contributed by atoms with E-state index in [1.54, 1.807) is 0 Å². The third-order valence-corrected chi connectivity index (χ3v) is 17.5. The first-order valence-electron chi connectivity index (χ1n) is 14.0. The van der Waals surface area contributed by atoms with Crippen LogP contribution >= 0.6 is 0 Å². The van der Waals surface area contributed by atoms with Crippen LogP contribution in [0.3, 0.4) is 0 Å².